The molecule has 3 heteroatoms. The van der Waals surface area contributed by atoms with E-state index in [0.29, 0.717) is 5.92 Å². The number of rotatable bonds is 4. The van der Waals surface area contributed by atoms with E-state index in [1.165, 1.54) is 0 Å². The number of hydrogen-bond acceptors (Lipinski definition) is 2. The lowest BCUT2D eigenvalue weighted by Crippen LogP contribution is -2.24. The Kier molecular flexibility index (Phi) is 3.96. The van der Waals surface area contributed by atoms with Gasteiger partial charge in [0.05, 0.1) is 0 Å². The lowest BCUT2D eigenvalue weighted by Gasteiger charge is -2.05. The number of carbonyl (C=O) groups excluding carboxylic acids is 1. The first-order chi connectivity index (χ1) is 6.20. The second kappa shape index (κ2) is 5.02. The van der Waals surface area contributed by atoms with Crippen molar-refractivity contribution in [2.24, 2.45) is 5.92 Å². The molecule has 0 aromatic carbocycles. The van der Waals surface area contributed by atoms with Crippen LogP contribution in [0.25, 0.3) is 0 Å². The second-order valence-electron chi connectivity index (χ2n) is 3.45. The molecule has 1 aromatic rings. The van der Waals surface area contributed by atoms with Crippen molar-refractivity contribution in [3.63, 3.8) is 0 Å². The van der Waals surface area contributed by atoms with Gasteiger partial charge in [0.25, 0.3) is 5.91 Å². The fraction of sp³-hybridized carbons (Fsp3) is 0.500. The van der Waals surface area contributed by atoms with Crippen molar-refractivity contribution in [1.29, 1.82) is 0 Å². The highest BCUT2D eigenvalue weighted by Crippen LogP contribution is 2.05. The minimum absolute atomic E-state index is 0.0434. The van der Waals surface area contributed by atoms with E-state index in [1.807, 2.05) is 16.8 Å². The Balaban J connectivity index is 2.27. The Morgan fingerprint density at radius 1 is 1.62 bits per heavy atom. The highest BCUT2D eigenvalue weighted by atomic mass is 32.1. The Hall–Kier alpha value is -0.830. The Bertz CT molecular complexity index is 254. The third kappa shape index (κ3) is 3.59. The molecule has 1 rings (SSSR count). The van der Waals surface area contributed by atoms with Gasteiger partial charge in [0.1, 0.15) is 0 Å². The van der Waals surface area contributed by atoms with Crippen LogP contribution in [0, 0.1) is 5.92 Å². The topological polar surface area (TPSA) is 29.1 Å². The van der Waals surface area contributed by atoms with Gasteiger partial charge in [-0.15, -0.1) is 0 Å². The number of hydrogen-bond donors (Lipinski definition) is 1. The zero-order valence-electron chi connectivity index (χ0n) is 8.04. The normalized spacial score (nSPS) is 10.4. The summed E-state index contributed by atoms with van der Waals surface area (Å²) in [4.78, 5) is 11.4. The molecule has 1 amide bonds. The Morgan fingerprint density at radius 3 is 2.92 bits per heavy atom. The van der Waals surface area contributed by atoms with Crippen LogP contribution < -0.4 is 5.32 Å². The van der Waals surface area contributed by atoms with Gasteiger partial charge in [0.15, 0.2) is 0 Å². The highest BCUT2D eigenvalue weighted by Gasteiger charge is 2.04. The lowest BCUT2D eigenvalue weighted by atomic mass is 10.1. The Morgan fingerprint density at radius 2 is 2.38 bits per heavy atom. The average Bonchev–Trinajstić information content (AvgIpc) is 2.55. The molecule has 0 saturated heterocycles. The lowest BCUT2D eigenvalue weighted by molar-refractivity contribution is 0.0952. The Labute approximate surface area is 83.0 Å². The molecular formula is C10H15NOS. The maximum Gasteiger partial charge on any atom is 0.252 e. The van der Waals surface area contributed by atoms with Crippen LogP contribution in [-0.2, 0) is 0 Å². The van der Waals surface area contributed by atoms with Crippen molar-refractivity contribution in [2.75, 3.05) is 6.54 Å². The molecule has 1 aromatic heterocycles. The SMILES string of the molecule is CC(C)CCNC(=O)c1ccsc1. The van der Waals surface area contributed by atoms with E-state index in [-0.39, 0.29) is 5.91 Å². The highest BCUT2D eigenvalue weighted by molar-refractivity contribution is 7.08. The van der Waals surface area contributed by atoms with Crippen molar-refractivity contribution in [1.82, 2.24) is 5.32 Å². The molecule has 0 aliphatic heterocycles. The summed E-state index contributed by atoms with van der Waals surface area (Å²) in [7, 11) is 0. The summed E-state index contributed by atoms with van der Waals surface area (Å²) in [6.45, 7) is 5.07. The van der Waals surface area contributed by atoms with E-state index < -0.39 is 0 Å². The van der Waals surface area contributed by atoms with Crippen molar-refractivity contribution in [2.45, 2.75) is 20.3 Å². The van der Waals surface area contributed by atoms with Crippen LogP contribution in [0.15, 0.2) is 16.8 Å². The largest absolute Gasteiger partial charge is 0.352 e. The molecule has 0 saturated carbocycles. The summed E-state index contributed by atoms with van der Waals surface area (Å²) in [5, 5.41) is 6.66. The fourth-order valence-electron chi connectivity index (χ4n) is 0.970. The number of nitrogens with one attached hydrogen (secondary N) is 1. The molecule has 13 heavy (non-hydrogen) atoms. The summed E-state index contributed by atoms with van der Waals surface area (Å²) in [5.74, 6) is 0.685. The summed E-state index contributed by atoms with van der Waals surface area (Å²) < 4.78 is 0. The van der Waals surface area contributed by atoms with Crippen molar-refractivity contribution in [3.8, 4) is 0 Å². The van der Waals surface area contributed by atoms with Gasteiger partial charge < -0.3 is 5.32 Å². The number of carbonyl (C=O) groups is 1. The van der Waals surface area contributed by atoms with Gasteiger partial charge in [-0.3, -0.25) is 4.79 Å². The minimum Gasteiger partial charge on any atom is -0.352 e. The molecule has 0 bridgehead atoms. The maximum absolute atomic E-state index is 11.4. The molecule has 0 unspecified atom stereocenters. The summed E-state index contributed by atoms with van der Waals surface area (Å²) >= 11 is 1.55. The third-order valence-electron chi connectivity index (χ3n) is 1.79. The van der Waals surface area contributed by atoms with Crippen LogP contribution in [0.3, 0.4) is 0 Å². The zero-order valence-corrected chi connectivity index (χ0v) is 8.86. The summed E-state index contributed by atoms with van der Waals surface area (Å²) in [6, 6.07) is 1.84. The summed E-state index contributed by atoms with van der Waals surface area (Å²) in [6.07, 6.45) is 1.04. The molecule has 0 spiro atoms. The molecule has 2 nitrogen and oxygen atoms in total. The van der Waals surface area contributed by atoms with E-state index in [1.54, 1.807) is 11.3 Å². The van der Waals surface area contributed by atoms with Gasteiger partial charge in [-0.1, -0.05) is 13.8 Å². The number of thiophene rings is 1. The first kappa shape index (κ1) is 10.3. The van der Waals surface area contributed by atoms with Gasteiger partial charge in [-0.2, -0.15) is 11.3 Å². The van der Waals surface area contributed by atoms with Crippen LogP contribution in [0.1, 0.15) is 30.6 Å². The zero-order chi connectivity index (χ0) is 9.68. The standard InChI is InChI=1S/C10H15NOS/c1-8(2)3-5-11-10(12)9-4-6-13-7-9/h4,6-8H,3,5H2,1-2H3,(H,11,12). The molecule has 0 radical (unpaired) electrons. The summed E-state index contributed by atoms with van der Waals surface area (Å²) in [5.41, 5.74) is 0.772. The fourth-order valence-corrected chi connectivity index (χ4v) is 1.61. The number of amides is 1. The second-order valence-corrected chi connectivity index (χ2v) is 4.23. The van der Waals surface area contributed by atoms with Gasteiger partial charge >= 0.3 is 0 Å². The molecule has 1 heterocycles. The maximum atomic E-state index is 11.4. The molecular weight excluding hydrogens is 182 g/mol. The monoisotopic (exact) mass is 197 g/mol. The minimum atomic E-state index is 0.0434. The predicted octanol–water partition coefficient (Wildman–Crippen LogP) is 2.52. The quantitative estimate of drug-likeness (QED) is 0.789. The molecule has 1 N–H and O–H groups in total. The first-order valence-electron chi connectivity index (χ1n) is 4.50. The van der Waals surface area contributed by atoms with Crippen LogP contribution in [0.5, 0.6) is 0 Å². The van der Waals surface area contributed by atoms with Gasteiger partial charge in [-0.05, 0) is 23.8 Å². The smallest absolute Gasteiger partial charge is 0.252 e. The van der Waals surface area contributed by atoms with E-state index in [2.05, 4.69) is 19.2 Å². The molecule has 0 fully saturated rings. The van der Waals surface area contributed by atoms with Crippen molar-refractivity contribution < 1.29 is 4.79 Å². The average molecular weight is 197 g/mol. The van der Waals surface area contributed by atoms with Crippen molar-refractivity contribution in [3.05, 3.63) is 22.4 Å². The molecule has 72 valence electrons. The molecule has 0 aliphatic carbocycles. The molecule has 0 aliphatic rings. The predicted molar refractivity (Wildman–Crippen MR) is 56.1 cm³/mol. The van der Waals surface area contributed by atoms with Gasteiger partial charge in [0.2, 0.25) is 0 Å². The van der Waals surface area contributed by atoms with E-state index in [4.69, 9.17) is 0 Å². The van der Waals surface area contributed by atoms with Crippen LogP contribution in [0.2, 0.25) is 0 Å². The first-order valence-corrected chi connectivity index (χ1v) is 5.45. The van der Waals surface area contributed by atoms with Crippen LogP contribution in [-0.4, -0.2) is 12.5 Å². The third-order valence-corrected chi connectivity index (χ3v) is 2.47. The van der Waals surface area contributed by atoms with E-state index in [9.17, 15) is 4.79 Å². The van der Waals surface area contributed by atoms with E-state index in [0.717, 1.165) is 18.5 Å². The van der Waals surface area contributed by atoms with E-state index >= 15 is 0 Å². The van der Waals surface area contributed by atoms with Crippen LogP contribution in [0.4, 0.5) is 0 Å². The van der Waals surface area contributed by atoms with Crippen molar-refractivity contribution >= 4 is 17.2 Å². The molecule has 0 atom stereocenters. The van der Waals surface area contributed by atoms with Crippen LogP contribution >= 0.6 is 11.3 Å². The van der Waals surface area contributed by atoms with Gasteiger partial charge in [0, 0.05) is 17.5 Å². The van der Waals surface area contributed by atoms with Gasteiger partial charge in [-0.25, -0.2) is 0 Å².